The van der Waals surface area contributed by atoms with E-state index in [1.807, 2.05) is 4.57 Å². The minimum atomic E-state index is -0.380. The molecule has 0 spiro atoms. The van der Waals surface area contributed by atoms with Crippen molar-refractivity contribution >= 4 is 27.5 Å². The van der Waals surface area contributed by atoms with Crippen molar-refractivity contribution in [1.29, 1.82) is 0 Å². The number of rotatable bonds is 4. The molecule has 0 aliphatic heterocycles. The summed E-state index contributed by atoms with van der Waals surface area (Å²) in [7, 11) is 0. The van der Waals surface area contributed by atoms with Gasteiger partial charge in [-0.25, -0.2) is 4.39 Å². The van der Waals surface area contributed by atoms with E-state index in [-0.39, 0.29) is 11.7 Å². The molecule has 1 aromatic heterocycles. The number of nitrogens with zero attached hydrogens (tertiary/aromatic N) is 2. The second kappa shape index (κ2) is 6.93. The Morgan fingerprint density at radius 2 is 2.04 bits per heavy atom. The highest BCUT2D eigenvalue weighted by atomic mass is 32.1. The van der Waals surface area contributed by atoms with Gasteiger partial charge in [-0.3, -0.25) is 4.79 Å². The summed E-state index contributed by atoms with van der Waals surface area (Å²) in [5.41, 5.74) is 2.64. The maximum atomic E-state index is 13.0. The topological polar surface area (TPSA) is 34.4 Å². The summed E-state index contributed by atoms with van der Waals surface area (Å²) in [6.45, 7) is 6.46. The number of carbonyl (C=O) groups is 1. The molecule has 3 rings (SSSR count). The fourth-order valence-corrected chi connectivity index (χ4v) is 3.57. The first kappa shape index (κ1) is 16.3. The molecule has 3 nitrogen and oxygen atoms in total. The molecule has 0 bridgehead atoms. The zero-order valence-electron chi connectivity index (χ0n) is 13.3. The molecular formula is C19H17FN2OS. The van der Waals surface area contributed by atoms with Gasteiger partial charge in [-0.1, -0.05) is 30.4 Å². The first-order valence-corrected chi connectivity index (χ1v) is 8.52. The van der Waals surface area contributed by atoms with Crippen molar-refractivity contribution in [3.8, 4) is 0 Å². The lowest BCUT2D eigenvalue weighted by atomic mass is 10.2. The van der Waals surface area contributed by atoms with Crippen LogP contribution in [0.15, 0.2) is 60.1 Å². The number of thiazole rings is 1. The van der Waals surface area contributed by atoms with E-state index in [2.05, 4.69) is 36.7 Å². The molecule has 0 aliphatic carbocycles. The summed E-state index contributed by atoms with van der Waals surface area (Å²) in [6, 6.07) is 11.7. The molecular weight excluding hydrogens is 323 g/mol. The number of amides is 1. The van der Waals surface area contributed by atoms with Crippen LogP contribution in [0.25, 0.3) is 10.2 Å². The summed E-state index contributed by atoms with van der Waals surface area (Å²) >= 11 is 1.47. The van der Waals surface area contributed by atoms with E-state index in [4.69, 9.17) is 0 Å². The molecule has 1 amide bonds. The Morgan fingerprint density at radius 1 is 1.29 bits per heavy atom. The normalized spacial score (nSPS) is 11.8. The monoisotopic (exact) mass is 340 g/mol. The molecule has 0 aliphatic rings. The number of allylic oxidation sites excluding steroid dienone is 1. The Hall–Kier alpha value is -2.53. The SMILES string of the molecule is C=CCn1c(=NC(=O)c2ccc(F)cc2)sc2cc(CC)ccc21. The largest absolute Gasteiger partial charge is 0.312 e. The van der Waals surface area contributed by atoms with Crippen molar-refractivity contribution in [3.05, 3.63) is 76.9 Å². The van der Waals surface area contributed by atoms with Crippen molar-refractivity contribution in [1.82, 2.24) is 4.57 Å². The molecule has 5 heteroatoms. The number of carbonyl (C=O) groups excluding carboxylic acids is 1. The van der Waals surface area contributed by atoms with Crippen LogP contribution in [0.4, 0.5) is 4.39 Å². The van der Waals surface area contributed by atoms with Gasteiger partial charge in [0.2, 0.25) is 0 Å². The number of aryl methyl sites for hydroxylation is 1. The molecule has 3 aromatic rings. The third-order valence-electron chi connectivity index (χ3n) is 3.76. The number of fused-ring (bicyclic) bond motifs is 1. The zero-order valence-corrected chi connectivity index (χ0v) is 14.1. The van der Waals surface area contributed by atoms with Crippen LogP contribution in [-0.4, -0.2) is 10.5 Å². The molecule has 2 aromatic carbocycles. The van der Waals surface area contributed by atoms with Gasteiger partial charge in [-0.05, 0) is 48.4 Å². The lowest BCUT2D eigenvalue weighted by Gasteiger charge is -2.02. The first-order chi connectivity index (χ1) is 11.6. The van der Waals surface area contributed by atoms with E-state index in [0.717, 1.165) is 16.6 Å². The van der Waals surface area contributed by atoms with Gasteiger partial charge in [-0.2, -0.15) is 4.99 Å². The standard InChI is InChI=1S/C19H17FN2OS/c1-3-11-22-16-10-5-13(4-2)12-17(16)24-19(22)21-18(23)14-6-8-15(20)9-7-14/h3,5-10,12H,1,4,11H2,2H3. The van der Waals surface area contributed by atoms with Crippen molar-refractivity contribution in [2.24, 2.45) is 4.99 Å². The van der Waals surface area contributed by atoms with Crippen molar-refractivity contribution in [3.63, 3.8) is 0 Å². The Kier molecular flexibility index (Phi) is 4.71. The van der Waals surface area contributed by atoms with E-state index in [1.165, 1.54) is 41.2 Å². The van der Waals surface area contributed by atoms with Gasteiger partial charge in [-0.15, -0.1) is 6.58 Å². The minimum absolute atomic E-state index is 0.369. The average Bonchev–Trinajstić information content (AvgIpc) is 2.92. The Labute approximate surface area is 143 Å². The van der Waals surface area contributed by atoms with Gasteiger partial charge >= 0.3 is 0 Å². The Morgan fingerprint density at radius 3 is 2.71 bits per heavy atom. The van der Waals surface area contributed by atoms with Crippen LogP contribution in [0.2, 0.25) is 0 Å². The Bertz CT molecular complexity index is 967. The third kappa shape index (κ3) is 3.21. The van der Waals surface area contributed by atoms with Crippen LogP contribution in [0.5, 0.6) is 0 Å². The smallest absolute Gasteiger partial charge is 0.279 e. The van der Waals surface area contributed by atoms with Gasteiger partial charge in [0.1, 0.15) is 5.82 Å². The van der Waals surface area contributed by atoms with E-state index in [1.54, 1.807) is 6.08 Å². The Balaban J connectivity index is 2.12. The number of aromatic nitrogens is 1. The maximum absolute atomic E-state index is 13.0. The van der Waals surface area contributed by atoms with E-state index >= 15 is 0 Å². The van der Waals surface area contributed by atoms with Crippen molar-refractivity contribution < 1.29 is 9.18 Å². The molecule has 0 N–H and O–H groups in total. The van der Waals surface area contributed by atoms with Gasteiger partial charge in [0.15, 0.2) is 4.80 Å². The van der Waals surface area contributed by atoms with Crippen LogP contribution < -0.4 is 4.80 Å². The molecule has 0 atom stereocenters. The summed E-state index contributed by atoms with van der Waals surface area (Å²) < 4.78 is 16.0. The highest BCUT2D eigenvalue weighted by Crippen LogP contribution is 2.20. The van der Waals surface area contributed by atoms with E-state index < -0.39 is 0 Å². The van der Waals surface area contributed by atoms with Crippen LogP contribution in [0.3, 0.4) is 0 Å². The molecule has 122 valence electrons. The first-order valence-electron chi connectivity index (χ1n) is 7.70. The van der Waals surface area contributed by atoms with Crippen LogP contribution >= 0.6 is 11.3 Å². The van der Waals surface area contributed by atoms with Crippen molar-refractivity contribution in [2.45, 2.75) is 19.9 Å². The maximum Gasteiger partial charge on any atom is 0.279 e. The predicted molar refractivity (Wildman–Crippen MR) is 95.7 cm³/mol. The highest BCUT2D eigenvalue weighted by Gasteiger charge is 2.09. The second-order valence-electron chi connectivity index (χ2n) is 5.36. The molecule has 0 unspecified atom stereocenters. The van der Waals surface area contributed by atoms with Gasteiger partial charge in [0.05, 0.1) is 10.2 Å². The molecule has 1 heterocycles. The lowest BCUT2D eigenvalue weighted by molar-refractivity contribution is 0.0998. The van der Waals surface area contributed by atoms with E-state index in [9.17, 15) is 9.18 Å². The van der Waals surface area contributed by atoms with Gasteiger partial charge in [0, 0.05) is 12.1 Å². The number of benzene rings is 2. The number of hydrogen-bond acceptors (Lipinski definition) is 2. The van der Waals surface area contributed by atoms with Crippen LogP contribution in [0.1, 0.15) is 22.8 Å². The van der Waals surface area contributed by atoms with Gasteiger partial charge < -0.3 is 4.57 Å². The third-order valence-corrected chi connectivity index (χ3v) is 4.80. The van der Waals surface area contributed by atoms with Gasteiger partial charge in [0.25, 0.3) is 5.91 Å². The fraction of sp³-hybridized carbons (Fsp3) is 0.158. The lowest BCUT2D eigenvalue weighted by Crippen LogP contribution is -2.16. The summed E-state index contributed by atoms with van der Waals surface area (Å²) in [6.07, 6.45) is 2.73. The number of halogens is 1. The zero-order chi connectivity index (χ0) is 17.1. The number of hydrogen-bond donors (Lipinski definition) is 0. The quantitative estimate of drug-likeness (QED) is 0.651. The fourth-order valence-electron chi connectivity index (χ4n) is 2.47. The molecule has 0 saturated carbocycles. The molecule has 24 heavy (non-hydrogen) atoms. The van der Waals surface area contributed by atoms with Crippen LogP contribution in [0, 0.1) is 5.82 Å². The van der Waals surface area contributed by atoms with E-state index in [0.29, 0.717) is 16.9 Å². The van der Waals surface area contributed by atoms with Crippen LogP contribution in [-0.2, 0) is 13.0 Å². The molecule has 0 radical (unpaired) electrons. The second-order valence-corrected chi connectivity index (χ2v) is 6.37. The molecule has 0 saturated heterocycles. The predicted octanol–water partition coefficient (Wildman–Crippen LogP) is 4.33. The minimum Gasteiger partial charge on any atom is -0.312 e. The summed E-state index contributed by atoms with van der Waals surface area (Å²) in [4.78, 5) is 17.2. The summed E-state index contributed by atoms with van der Waals surface area (Å²) in [5.74, 6) is -0.752. The average molecular weight is 340 g/mol. The highest BCUT2D eigenvalue weighted by molar-refractivity contribution is 7.16. The molecule has 0 fully saturated rings. The summed E-state index contributed by atoms with van der Waals surface area (Å²) in [5, 5.41) is 0. The van der Waals surface area contributed by atoms with Crippen molar-refractivity contribution in [2.75, 3.05) is 0 Å².